The zero-order valence-corrected chi connectivity index (χ0v) is 24.7. The number of hydrogen-bond donors (Lipinski definition) is 7. The molecule has 1 fully saturated rings. The van der Waals surface area contributed by atoms with Crippen molar-refractivity contribution in [2.75, 3.05) is 6.54 Å². The summed E-state index contributed by atoms with van der Waals surface area (Å²) in [5.41, 5.74) is 3.04. The van der Waals surface area contributed by atoms with E-state index >= 15 is 0 Å². The summed E-state index contributed by atoms with van der Waals surface area (Å²) in [6.45, 7) is 0.718. The van der Waals surface area contributed by atoms with Crippen LogP contribution in [0.1, 0.15) is 29.5 Å². The second-order valence-electron chi connectivity index (χ2n) is 11.3. The van der Waals surface area contributed by atoms with Crippen LogP contribution in [0.15, 0.2) is 85.1 Å². The average molecular weight is 612 g/mol. The van der Waals surface area contributed by atoms with Gasteiger partial charge in [0.1, 0.15) is 23.9 Å². The van der Waals surface area contributed by atoms with Crippen molar-refractivity contribution in [3.05, 3.63) is 102 Å². The average Bonchev–Trinajstić information content (AvgIpc) is 3.72. The second-order valence-corrected chi connectivity index (χ2v) is 11.3. The highest BCUT2D eigenvalue weighted by molar-refractivity contribution is 5.95. The lowest BCUT2D eigenvalue weighted by Crippen LogP contribution is -2.58. The Labute approximate surface area is 260 Å². The van der Waals surface area contributed by atoms with E-state index in [1.165, 1.54) is 12.1 Å². The van der Waals surface area contributed by atoms with E-state index in [0.29, 0.717) is 12.0 Å². The van der Waals surface area contributed by atoms with E-state index in [2.05, 4.69) is 26.3 Å². The van der Waals surface area contributed by atoms with Crippen LogP contribution >= 0.6 is 0 Å². The molecule has 0 radical (unpaired) electrons. The number of amides is 3. The van der Waals surface area contributed by atoms with Gasteiger partial charge in [-0.1, -0.05) is 60.7 Å². The largest absolute Gasteiger partial charge is 0.508 e. The van der Waals surface area contributed by atoms with Gasteiger partial charge in [0, 0.05) is 36.4 Å². The molecule has 3 aromatic carbocycles. The van der Waals surface area contributed by atoms with E-state index in [0.717, 1.165) is 35.0 Å². The van der Waals surface area contributed by atoms with Gasteiger partial charge in [-0.15, -0.1) is 0 Å². The van der Waals surface area contributed by atoms with E-state index in [1.54, 1.807) is 18.3 Å². The number of H-pyrrole nitrogens is 1. The quantitative estimate of drug-likeness (QED) is 0.121. The molecule has 45 heavy (non-hydrogen) atoms. The molecule has 4 unspecified atom stereocenters. The number of carboxylic acid groups (broad SMARTS) is 1. The number of aliphatic carboxylic acids is 1. The van der Waals surface area contributed by atoms with Crippen molar-refractivity contribution in [1.82, 2.24) is 26.3 Å². The van der Waals surface area contributed by atoms with Crippen molar-refractivity contribution in [3.8, 4) is 5.75 Å². The molecule has 11 heteroatoms. The summed E-state index contributed by atoms with van der Waals surface area (Å²) < 4.78 is 0. The number of carbonyl (C=O) groups is 4. The maximum absolute atomic E-state index is 13.9. The van der Waals surface area contributed by atoms with Gasteiger partial charge in [-0.3, -0.25) is 14.4 Å². The third kappa shape index (κ3) is 8.27. The van der Waals surface area contributed by atoms with Crippen molar-refractivity contribution < 1.29 is 29.4 Å². The molecule has 0 aliphatic carbocycles. The van der Waals surface area contributed by atoms with Gasteiger partial charge in [-0.25, -0.2) is 4.79 Å². The Bertz CT molecular complexity index is 1630. The van der Waals surface area contributed by atoms with Crippen LogP contribution in [0.4, 0.5) is 0 Å². The summed E-state index contributed by atoms with van der Waals surface area (Å²) in [6, 6.07) is 19.0. The number of carboxylic acids is 1. The summed E-state index contributed by atoms with van der Waals surface area (Å²) in [7, 11) is 0. The molecule has 0 spiro atoms. The molecular formula is C34H37N5O6. The van der Waals surface area contributed by atoms with E-state index in [9.17, 15) is 29.4 Å². The molecule has 5 rings (SSSR count). The lowest BCUT2D eigenvalue weighted by molar-refractivity contribution is -0.142. The van der Waals surface area contributed by atoms with E-state index in [-0.39, 0.29) is 30.9 Å². The third-order valence-corrected chi connectivity index (χ3v) is 8.02. The summed E-state index contributed by atoms with van der Waals surface area (Å²) in [4.78, 5) is 56.1. The first kappa shape index (κ1) is 31.3. The number of carbonyl (C=O) groups excluding carboxylic acids is 3. The van der Waals surface area contributed by atoms with Crippen LogP contribution in [0.5, 0.6) is 5.75 Å². The fourth-order valence-corrected chi connectivity index (χ4v) is 5.58. The zero-order chi connectivity index (χ0) is 31.8. The molecule has 7 N–H and O–H groups in total. The number of fused-ring (bicyclic) bond motifs is 1. The summed E-state index contributed by atoms with van der Waals surface area (Å²) in [6.07, 6.45) is 3.52. The predicted octanol–water partition coefficient (Wildman–Crippen LogP) is 2.19. The van der Waals surface area contributed by atoms with Crippen LogP contribution in [0.25, 0.3) is 10.9 Å². The van der Waals surface area contributed by atoms with Crippen LogP contribution in [0.2, 0.25) is 0 Å². The highest BCUT2D eigenvalue weighted by Crippen LogP contribution is 2.20. The van der Waals surface area contributed by atoms with Crippen molar-refractivity contribution >= 4 is 34.6 Å². The highest BCUT2D eigenvalue weighted by atomic mass is 16.4. The van der Waals surface area contributed by atoms with E-state index < -0.39 is 42.0 Å². The molecule has 4 aromatic rings. The number of rotatable bonds is 13. The fraction of sp³-hybridized carbons (Fsp3) is 0.294. The molecule has 1 aromatic heterocycles. The molecule has 3 amide bonds. The Morgan fingerprint density at radius 1 is 0.756 bits per heavy atom. The molecule has 234 valence electrons. The van der Waals surface area contributed by atoms with Gasteiger partial charge in [0.15, 0.2) is 0 Å². The van der Waals surface area contributed by atoms with E-state index in [4.69, 9.17) is 0 Å². The molecule has 0 bridgehead atoms. The Morgan fingerprint density at radius 3 is 2.07 bits per heavy atom. The zero-order valence-electron chi connectivity index (χ0n) is 24.7. The monoisotopic (exact) mass is 611 g/mol. The van der Waals surface area contributed by atoms with Crippen LogP contribution in [-0.4, -0.2) is 69.6 Å². The van der Waals surface area contributed by atoms with Gasteiger partial charge < -0.3 is 36.5 Å². The van der Waals surface area contributed by atoms with Gasteiger partial charge >= 0.3 is 5.97 Å². The minimum atomic E-state index is -1.29. The predicted molar refractivity (Wildman–Crippen MR) is 168 cm³/mol. The number of phenolic OH excluding ortho intramolecular Hbond substituents is 1. The molecule has 4 atom stereocenters. The number of benzene rings is 3. The number of aromatic hydroxyl groups is 1. The number of nitrogens with one attached hydrogen (secondary N) is 5. The number of phenols is 1. The number of aromatic amines is 1. The smallest absolute Gasteiger partial charge is 0.326 e. The SMILES string of the molecule is O=C(O)C(Cc1ccc(O)cc1)NC(=O)C(Cc1c[nH]c2ccccc12)NC(=O)C(Cc1ccccc1)NC(=O)C1CCCN1. The molecule has 1 aliphatic rings. The molecule has 1 aliphatic heterocycles. The van der Waals surface area contributed by atoms with Crippen LogP contribution in [0, 0.1) is 0 Å². The summed E-state index contributed by atoms with van der Waals surface area (Å²) >= 11 is 0. The molecule has 1 saturated heterocycles. The van der Waals surface area contributed by atoms with Crippen LogP contribution < -0.4 is 21.3 Å². The van der Waals surface area contributed by atoms with Gasteiger partial charge in [-0.2, -0.15) is 0 Å². The number of para-hydroxylation sites is 1. The Kier molecular flexibility index (Phi) is 10.1. The van der Waals surface area contributed by atoms with Crippen LogP contribution in [0.3, 0.4) is 0 Å². The summed E-state index contributed by atoms with van der Waals surface area (Å²) in [5.74, 6) is -2.73. The van der Waals surface area contributed by atoms with E-state index in [1.807, 2.05) is 54.6 Å². The summed E-state index contributed by atoms with van der Waals surface area (Å²) in [5, 5.41) is 31.8. The topological polar surface area (TPSA) is 173 Å². The first-order chi connectivity index (χ1) is 21.8. The van der Waals surface area contributed by atoms with Gasteiger partial charge in [0.2, 0.25) is 17.7 Å². The second kappa shape index (κ2) is 14.5. The van der Waals surface area contributed by atoms with Gasteiger partial charge in [-0.05, 0) is 54.3 Å². The van der Waals surface area contributed by atoms with Crippen molar-refractivity contribution in [2.24, 2.45) is 0 Å². The fourth-order valence-electron chi connectivity index (χ4n) is 5.58. The number of hydrogen-bond acceptors (Lipinski definition) is 6. The Hall–Kier alpha value is -5.16. The van der Waals surface area contributed by atoms with Gasteiger partial charge in [0.05, 0.1) is 6.04 Å². The lowest BCUT2D eigenvalue weighted by atomic mass is 10.0. The Balaban J connectivity index is 1.39. The van der Waals surface area contributed by atoms with Crippen LogP contribution in [-0.2, 0) is 38.4 Å². The first-order valence-corrected chi connectivity index (χ1v) is 15.0. The third-order valence-electron chi connectivity index (χ3n) is 8.02. The van der Waals surface area contributed by atoms with Crippen molar-refractivity contribution in [2.45, 2.75) is 56.3 Å². The highest BCUT2D eigenvalue weighted by Gasteiger charge is 2.32. The number of aromatic nitrogens is 1. The minimum absolute atomic E-state index is 0.0316. The first-order valence-electron chi connectivity index (χ1n) is 15.0. The van der Waals surface area contributed by atoms with Crippen molar-refractivity contribution in [3.63, 3.8) is 0 Å². The normalized spacial score (nSPS) is 16.4. The van der Waals surface area contributed by atoms with Gasteiger partial charge in [0.25, 0.3) is 0 Å². The van der Waals surface area contributed by atoms with Crippen molar-refractivity contribution in [1.29, 1.82) is 0 Å². The minimum Gasteiger partial charge on any atom is -0.508 e. The molecular weight excluding hydrogens is 574 g/mol. The molecule has 11 nitrogen and oxygen atoms in total. The standard InChI is InChI=1S/C34H37N5O6/c40-24-14-12-22(13-15-24)18-30(34(44)45)39-33(43)29(19-23-20-36-26-10-5-4-9-25(23)26)38-32(42)28(17-21-7-2-1-3-8-21)37-31(41)27-11-6-16-35-27/h1-5,7-10,12-15,20,27-30,35-36,40H,6,11,16-19H2,(H,37,41)(H,38,42)(H,39,43)(H,44,45). The maximum atomic E-state index is 13.9. The lowest BCUT2D eigenvalue weighted by Gasteiger charge is -2.25. The Morgan fingerprint density at radius 2 is 1.38 bits per heavy atom. The molecule has 0 saturated carbocycles. The molecule has 2 heterocycles. The maximum Gasteiger partial charge on any atom is 0.326 e.